The van der Waals surface area contributed by atoms with Crippen LogP contribution in [0.3, 0.4) is 0 Å². The lowest BCUT2D eigenvalue weighted by atomic mass is 9.92. The van der Waals surface area contributed by atoms with Crippen LogP contribution in [-0.4, -0.2) is 42.8 Å². The second-order valence-corrected chi connectivity index (χ2v) is 8.14. The maximum Gasteiger partial charge on any atom is 0.268 e. The van der Waals surface area contributed by atoms with Crippen molar-refractivity contribution in [1.29, 1.82) is 0 Å². The summed E-state index contributed by atoms with van der Waals surface area (Å²) in [6, 6.07) is 7.94. The number of carbonyl (C=O) groups is 1. The van der Waals surface area contributed by atoms with Gasteiger partial charge in [-0.15, -0.1) is 12.4 Å². The highest BCUT2D eigenvalue weighted by Gasteiger charge is 2.32. The average molecular weight is 432 g/mol. The minimum Gasteiger partial charge on any atom is -0.376 e. The van der Waals surface area contributed by atoms with Crippen LogP contribution >= 0.6 is 12.4 Å². The van der Waals surface area contributed by atoms with Gasteiger partial charge in [0.05, 0.1) is 11.3 Å². The molecule has 0 unspecified atom stereocenters. The molecule has 0 atom stereocenters. The summed E-state index contributed by atoms with van der Waals surface area (Å²) in [6.45, 7) is 3.94. The van der Waals surface area contributed by atoms with Crippen LogP contribution in [0.25, 0.3) is 5.69 Å². The Hall–Kier alpha value is -2.15. The van der Waals surface area contributed by atoms with Gasteiger partial charge in [-0.3, -0.25) is 14.2 Å². The normalized spacial score (nSPS) is 17.1. The number of nitrogens with one attached hydrogen (secondary N) is 2. The van der Waals surface area contributed by atoms with Crippen molar-refractivity contribution < 1.29 is 9.53 Å². The van der Waals surface area contributed by atoms with Gasteiger partial charge in [-0.2, -0.15) is 0 Å². The summed E-state index contributed by atoms with van der Waals surface area (Å²) in [7, 11) is 1.69. The van der Waals surface area contributed by atoms with Crippen LogP contribution in [-0.2, 0) is 17.6 Å². The minimum atomic E-state index is -0.372. The molecule has 1 aliphatic heterocycles. The topological polar surface area (TPSA) is 72.4 Å². The standard InChI is InChI=1S/C23H29N3O3.ClH/c1-16-9-14-26(19-8-4-6-17-5-3-7-18(17)19)22(28)20(16)21(27)25-15-23(29-2)10-12-24-13-11-23;/h4,6,8-9,14,24H,3,5,7,10-13,15H2,1-2H3,(H,25,27);1H. The third-order valence-electron chi connectivity index (χ3n) is 6.43. The first-order valence-electron chi connectivity index (χ1n) is 10.4. The Kier molecular flexibility index (Phi) is 7.01. The van der Waals surface area contributed by atoms with Gasteiger partial charge in [-0.25, -0.2) is 0 Å². The molecule has 2 heterocycles. The van der Waals surface area contributed by atoms with Crippen LogP contribution in [0.15, 0.2) is 35.3 Å². The van der Waals surface area contributed by atoms with E-state index in [0.29, 0.717) is 12.1 Å². The Morgan fingerprint density at radius 3 is 2.73 bits per heavy atom. The molecule has 2 aliphatic rings. The number of methoxy groups -OCH3 is 1. The number of benzene rings is 1. The fourth-order valence-corrected chi connectivity index (χ4v) is 4.58. The second kappa shape index (κ2) is 9.33. The number of amides is 1. The maximum absolute atomic E-state index is 13.3. The van der Waals surface area contributed by atoms with Crippen LogP contribution in [0, 0.1) is 6.92 Å². The number of hydrogen-bond donors (Lipinski definition) is 2. The molecule has 0 saturated carbocycles. The molecule has 1 amide bonds. The first-order chi connectivity index (χ1) is 14.0. The molecule has 6 nitrogen and oxygen atoms in total. The van der Waals surface area contributed by atoms with Crippen molar-refractivity contribution in [2.24, 2.45) is 0 Å². The zero-order valence-electron chi connectivity index (χ0n) is 17.6. The number of halogens is 1. The van der Waals surface area contributed by atoms with E-state index in [0.717, 1.165) is 50.9 Å². The van der Waals surface area contributed by atoms with Crippen molar-refractivity contribution >= 4 is 18.3 Å². The van der Waals surface area contributed by atoms with Gasteiger partial charge in [0.15, 0.2) is 0 Å². The Morgan fingerprint density at radius 1 is 1.23 bits per heavy atom. The van der Waals surface area contributed by atoms with E-state index < -0.39 is 0 Å². The summed E-state index contributed by atoms with van der Waals surface area (Å²) < 4.78 is 7.36. The Balaban J connectivity index is 0.00000256. The molecular formula is C23H30ClN3O3. The van der Waals surface area contributed by atoms with Gasteiger partial charge in [0.1, 0.15) is 5.56 Å². The number of rotatable bonds is 5. The molecule has 2 N–H and O–H groups in total. The number of aryl methyl sites for hydroxylation is 2. The van der Waals surface area contributed by atoms with Crippen LogP contribution in [0.1, 0.15) is 46.3 Å². The van der Waals surface area contributed by atoms with E-state index in [1.165, 1.54) is 11.1 Å². The highest BCUT2D eigenvalue weighted by molar-refractivity contribution is 5.95. The van der Waals surface area contributed by atoms with Crippen molar-refractivity contribution in [1.82, 2.24) is 15.2 Å². The third kappa shape index (κ3) is 4.17. The maximum atomic E-state index is 13.3. The highest BCUT2D eigenvalue weighted by atomic mass is 35.5. The smallest absolute Gasteiger partial charge is 0.268 e. The van der Waals surface area contributed by atoms with Crippen molar-refractivity contribution in [3.05, 3.63) is 63.1 Å². The average Bonchev–Trinajstić information content (AvgIpc) is 3.22. The van der Waals surface area contributed by atoms with Crippen molar-refractivity contribution in [3.8, 4) is 5.69 Å². The largest absolute Gasteiger partial charge is 0.376 e. The molecule has 1 saturated heterocycles. The number of nitrogens with zero attached hydrogens (tertiary/aromatic N) is 1. The first kappa shape index (κ1) is 22.5. The summed E-state index contributed by atoms with van der Waals surface area (Å²) in [6.07, 6.45) is 6.57. The van der Waals surface area contributed by atoms with E-state index in [4.69, 9.17) is 4.74 Å². The monoisotopic (exact) mass is 431 g/mol. The second-order valence-electron chi connectivity index (χ2n) is 8.14. The number of pyridine rings is 1. The number of aromatic nitrogens is 1. The van der Waals surface area contributed by atoms with Crippen LogP contribution in [0.4, 0.5) is 0 Å². The molecule has 4 rings (SSSR count). The van der Waals surface area contributed by atoms with Crippen LogP contribution in [0.2, 0.25) is 0 Å². The minimum absolute atomic E-state index is 0. The highest BCUT2D eigenvalue weighted by Crippen LogP contribution is 2.27. The Labute approximate surface area is 183 Å². The predicted molar refractivity (Wildman–Crippen MR) is 120 cm³/mol. The molecule has 30 heavy (non-hydrogen) atoms. The summed E-state index contributed by atoms with van der Waals surface area (Å²) in [5.74, 6) is -0.329. The summed E-state index contributed by atoms with van der Waals surface area (Å²) in [5.41, 5.74) is 3.68. The molecule has 162 valence electrons. The van der Waals surface area contributed by atoms with Gasteiger partial charge < -0.3 is 15.4 Å². The van der Waals surface area contributed by atoms with Crippen molar-refractivity contribution in [2.45, 2.75) is 44.6 Å². The van der Waals surface area contributed by atoms with Gasteiger partial charge in [0.25, 0.3) is 11.5 Å². The molecule has 0 bridgehead atoms. The van der Waals surface area contributed by atoms with Gasteiger partial charge in [0.2, 0.25) is 0 Å². The van der Waals surface area contributed by atoms with E-state index in [2.05, 4.69) is 16.7 Å². The van der Waals surface area contributed by atoms with E-state index in [-0.39, 0.29) is 35.0 Å². The Bertz CT molecular complexity index is 980. The molecule has 7 heteroatoms. The fourth-order valence-electron chi connectivity index (χ4n) is 4.58. The number of hydrogen-bond acceptors (Lipinski definition) is 4. The zero-order chi connectivity index (χ0) is 20.4. The van der Waals surface area contributed by atoms with Crippen molar-refractivity contribution in [2.75, 3.05) is 26.7 Å². The molecule has 1 aromatic heterocycles. The molecule has 0 spiro atoms. The van der Waals surface area contributed by atoms with Gasteiger partial charge in [-0.1, -0.05) is 12.1 Å². The number of ether oxygens (including phenoxy) is 1. The molecular weight excluding hydrogens is 402 g/mol. The van der Waals surface area contributed by atoms with E-state index in [1.807, 2.05) is 25.1 Å². The number of fused-ring (bicyclic) bond motifs is 1. The molecule has 1 fully saturated rings. The first-order valence-corrected chi connectivity index (χ1v) is 10.4. The summed E-state index contributed by atoms with van der Waals surface area (Å²) in [5, 5.41) is 6.28. The lowest BCUT2D eigenvalue weighted by Crippen LogP contribution is -2.51. The van der Waals surface area contributed by atoms with E-state index in [1.54, 1.807) is 17.9 Å². The zero-order valence-corrected chi connectivity index (χ0v) is 18.4. The van der Waals surface area contributed by atoms with E-state index >= 15 is 0 Å². The van der Waals surface area contributed by atoms with Crippen LogP contribution in [0.5, 0.6) is 0 Å². The van der Waals surface area contributed by atoms with Crippen molar-refractivity contribution in [3.63, 3.8) is 0 Å². The number of carbonyl (C=O) groups excluding carboxylic acids is 1. The SMILES string of the molecule is COC1(CNC(=O)c2c(C)ccn(-c3cccc4c3CCC4)c2=O)CCNCC1.Cl. The van der Waals surface area contributed by atoms with Gasteiger partial charge >= 0.3 is 0 Å². The Morgan fingerprint density at radius 2 is 2.00 bits per heavy atom. The fraction of sp³-hybridized carbons (Fsp3) is 0.478. The predicted octanol–water partition coefficient (Wildman–Crippen LogP) is 2.55. The summed E-state index contributed by atoms with van der Waals surface area (Å²) >= 11 is 0. The van der Waals surface area contributed by atoms with Gasteiger partial charge in [0, 0.05) is 19.9 Å². The number of piperidine rings is 1. The van der Waals surface area contributed by atoms with Gasteiger partial charge in [-0.05, 0) is 80.9 Å². The molecule has 2 aromatic rings. The molecule has 0 radical (unpaired) electrons. The van der Waals surface area contributed by atoms with E-state index in [9.17, 15) is 9.59 Å². The lowest BCUT2D eigenvalue weighted by molar-refractivity contribution is -0.0313. The molecule has 1 aliphatic carbocycles. The lowest BCUT2D eigenvalue weighted by Gasteiger charge is -2.36. The third-order valence-corrected chi connectivity index (χ3v) is 6.43. The quantitative estimate of drug-likeness (QED) is 0.763. The molecule has 1 aromatic carbocycles. The van der Waals surface area contributed by atoms with Crippen LogP contribution < -0.4 is 16.2 Å². The summed E-state index contributed by atoms with van der Waals surface area (Å²) in [4.78, 5) is 26.3.